The minimum atomic E-state index is -0.856. The molecule has 4 saturated heterocycles. The molecule has 46 heavy (non-hydrogen) atoms. The van der Waals surface area contributed by atoms with Crippen LogP contribution in [-0.2, 0) is 6.42 Å². The second kappa shape index (κ2) is 11.3. The van der Waals surface area contributed by atoms with Crippen molar-refractivity contribution in [2.24, 2.45) is 0 Å². The van der Waals surface area contributed by atoms with E-state index in [0.717, 1.165) is 56.3 Å². The van der Waals surface area contributed by atoms with E-state index in [0.29, 0.717) is 82.1 Å². The number of nitrogens with two attached hydrogens (primary N) is 1. The second-order valence-electron chi connectivity index (χ2n) is 13.0. The minimum Gasteiger partial charge on any atom is -0.494 e. The zero-order valence-corrected chi connectivity index (χ0v) is 27.1. The highest BCUT2D eigenvalue weighted by Crippen LogP contribution is 2.51. The van der Waals surface area contributed by atoms with Crippen LogP contribution in [-0.4, -0.2) is 90.7 Å². The van der Waals surface area contributed by atoms with Gasteiger partial charge in [-0.05, 0) is 50.8 Å². The van der Waals surface area contributed by atoms with E-state index in [-0.39, 0.29) is 23.6 Å². The second-order valence-corrected chi connectivity index (χ2v) is 13.4. The van der Waals surface area contributed by atoms with Crippen LogP contribution in [0.5, 0.6) is 17.6 Å². The van der Waals surface area contributed by atoms with Crippen LogP contribution < -0.4 is 30.2 Å². The molecule has 0 spiro atoms. The van der Waals surface area contributed by atoms with E-state index < -0.39 is 6.17 Å². The fourth-order valence-electron chi connectivity index (χ4n) is 8.48. The summed E-state index contributed by atoms with van der Waals surface area (Å²) in [5, 5.41) is 4.79. The van der Waals surface area contributed by atoms with Gasteiger partial charge in [0.05, 0.1) is 25.3 Å². The van der Waals surface area contributed by atoms with Gasteiger partial charge in [0.2, 0.25) is 5.88 Å². The van der Waals surface area contributed by atoms with Gasteiger partial charge in [-0.1, -0.05) is 18.5 Å². The first-order valence-corrected chi connectivity index (χ1v) is 16.6. The first-order valence-electron chi connectivity index (χ1n) is 16.2. The van der Waals surface area contributed by atoms with Gasteiger partial charge in [0.1, 0.15) is 29.4 Å². The highest BCUT2D eigenvalue weighted by Gasteiger charge is 2.49. The summed E-state index contributed by atoms with van der Waals surface area (Å²) >= 11 is 6.97. The molecule has 11 nitrogen and oxygen atoms in total. The molecule has 3 N–H and O–H groups in total. The molecule has 2 unspecified atom stereocenters. The third-order valence-corrected chi connectivity index (χ3v) is 10.8. The lowest BCUT2D eigenvalue weighted by Crippen LogP contribution is -2.52. The summed E-state index contributed by atoms with van der Waals surface area (Å²) in [5.41, 5.74) is 9.63. The largest absolute Gasteiger partial charge is 0.494 e. The molecule has 1 aromatic carbocycles. The number of halogens is 2. The van der Waals surface area contributed by atoms with Crippen LogP contribution in [0.4, 0.5) is 16.1 Å². The molecule has 4 atom stereocenters. The topological polar surface area (TPSA) is 124 Å². The summed E-state index contributed by atoms with van der Waals surface area (Å²) in [6, 6.07) is 4.30. The van der Waals surface area contributed by atoms with Crippen LogP contribution in [0.3, 0.4) is 0 Å². The molecule has 4 aliphatic heterocycles. The summed E-state index contributed by atoms with van der Waals surface area (Å²) in [5.74, 6) is 1.77. The number of aryl methyl sites for hydroxylation is 1. The van der Waals surface area contributed by atoms with Crippen molar-refractivity contribution in [2.75, 3.05) is 57.6 Å². The Morgan fingerprint density at radius 3 is 2.65 bits per heavy atom. The Balaban J connectivity index is 1.35. The standard InChI is InChI=1S/C33H39ClFN7O4/c1-4-20-23-22(46-29(20)36)9-8-21(34)24(23)25-28(43-2)26-27(38-31(25)44-3)30(42-18-6-7-19(42)14-37-13-18)40-32(39-26)45-16-33-10-5-11-41(33)15-17(35)12-33/h8-9,17-19,37H,4-7,10-16,36H2,1-3H3/t17-,18?,19?,33+/m1/s1. The van der Waals surface area contributed by atoms with Gasteiger partial charge >= 0.3 is 6.01 Å². The zero-order valence-electron chi connectivity index (χ0n) is 26.4. The van der Waals surface area contributed by atoms with Crippen molar-refractivity contribution in [3.05, 3.63) is 22.7 Å². The summed E-state index contributed by atoms with van der Waals surface area (Å²) < 4.78 is 39.2. The lowest BCUT2D eigenvalue weighted by molar-refractivity contribution is 0.107. The van der Waals surface area contributed by atoms with Crippen LogP contribution in [0, 0.1) is 0 Å². The van der Waals surface area contributed by atoms with Crippen LogP contribution in [0.2, 0.25) is 5.02 Å². The smallest absolute Gasteiger partial charge is 0.319 e. The van der Waals surface area contributed by atoms with E-state index >= 15 is 0 Å². The van der Waals surface area contributed by atoms with Crippen LogP contribution in [0.25, 0.3) is 33.1 Å². The maximum Gasteiger partial charge on any atom is 0.319 e. The van der Waals surface area contributed by atoms with Gasteiger partial charge in [0.25, 0.3) is 0 Å². The van der Waals surface area contributed by atoms with Gasteiger partial charge in [-0.25, -0.2) is 9.37 Å². The van der Waals surface area contributed by atoms with Crippen molar-refractivity contribution >= 4 is 45.3 Å². The van der Waals surface area contributed by atoms with Gasteiger partial charge in [-0.15, -0.1) is 0 Å². The molecule has 0 saturated carbocycles. The first kappa shape index (κ1) is 29.8. The van der Waals surface area contributed by atoms with E-state index in [4.69, 9.17) is 50.9 Å². The quantitative estimate of drug-likeness (QED) is 0.263. The molecule has 4 fully saturated rings. The third-order valence-electron chi connectivity index (χ3n) is 10.5. The Bertz CT molecular complexity index is 1820. The normalized spacial score (nSPS) is 25.9. The Labute approximate surface area is 271 Å². The monoisotopic (exact) mass is 651 g/mol. The summed E-state index contributed by atoms with van der Waals surface area (Å²) in [6.45, 7) is 5.35. The molecule has 2 bridgehead atoms. The van der Waals surface area contributed by atoms with Gasteiger partial charge in [-0.2, -0.15) is 9.97 Å². The molecule has 8 rings (SSSR count). The predicted molar refractivity (Wildman–Crippen MR) is 175 cm³/mol. The van der Waals surface area contributed by atoms with Gasteiger partial charge in [0, 0.05) is 59.7 Å². The summed E-state index contributed by atoms with van der Waals surface area (Å²) in [6.07, 6.45) is 4.23. The molecule has 7 heterocycles. The molecule has 4 aliphatic rings. The minimum absolute atomic E-state index is 0.214. The Morgan fingerprint density at radius 2 is 1.91 bits per heavy atom. The fourth-order valence-corrected chi connectivity index (χ4v) is 8.73. The number of benzene rings is 1. The number of furan rings is 1. The molecule has 244 valence electrons. The van der Waals surface area contributed by atoms with Crippen LogP contribution >= 0.6 is 11.6 Å². The average Bonchev–Trinajstić information content (AvgIpc) is 3.75. The van der Waals surface area contributed by atoms with E-state index in [1.807, 2.05) is 13.0 Å². The van der Waals surface area contributed by atoms with E-state index in [9.17, 15) is 4.39 Å². The maximum absolute atomic E-state index is 14.6. The van der Waals surface area contributed by atoms with Crippen molar-refractivity contribution in [3.63, 3.8) is 0 Å². The molecule has 0 amide bonds. The highest BCUT2D eigenvalue weighted by atomic mass is 35.5. The van der Waals surface area contributed by atoms with Crippen LogP contribution in [0.1, 0.15) is 44.6 Å². The summed E-state index contributed by atoms with van der Waals surface area (Å²) in [7, 11) is 3.18. The number of anilines is 2. The molecular weight excluding hydrogens is 613 g/mol. The molecule has 0 aliphatic carbocycles. The van der Waals surface area contributed by atoms with Gasteiger partial charge in [-0.3, -0.25) is 4.90 Å². The van der Waals surface area contributed by atoms with Crippen molar-refractivity contribution in [1.29, 1.82) is 0 Å². The lowest BCUT2D eigenvalue weighted by atomic mass is 9.95. The van der Waals surface area contributed by atoms with E-state index in [2.05, 4.69) is 15.1 Å². The third kappa shape index (κ3) is 4.47. The molecular formula is C33H39ClFN7O4. The number of piperazine rings is 1. The number of hydrogen-bond acceptors (Lipinski definition) is 11. The first-order chi connectivity index (χ1) is 22.4. The zero-order chi connectivity index (χ0) is 31.7. The highest BCUT2D eigenvalue weighted by molar-refractivity contribution is 6.35. The number of pyridine rings is 1. The maximum atomic E-state index is 14.6. The number of nitrogens with zero attached hydrogens (tertiary/aromatic N) is 5. The number of methoxy groups -OCH3 is 2. The number of aromatic nitrogens is 3. The number of nitrogens with one attached hydrogen (secondary N) is 1. The van der Waals surface area contributed by atoms with Crippen molar-refractivity contribution in [1.82, 2.24) is 25.2 Å². The van der Waals surface area contributed by atoms with Crippen molar-refractivity contribution in [2.45, 2.75) is 69.2 Å². The van der Waals surface area contributed by atoms with E-state index in [1.54, 1.807) is 20.3 Å². The number of nitrogen functional groups attached to an aromatic ring is 1. The van der Waals surface area contributed by atoms with E-state index in [1.165, 1.54) is 0 Å². The molecule has 4 aromatic rings. The Morgan fingerprint density at radius 1 is 1.11 bits per heavy atom. The number of ether oxygens (including phenoxy) is 3. The number of fused-ring (bicyclic) bond motifs is 5. The van der Waals surface area contributed by atoms with Crippen molar-refractivity contribution in [3.8, 4) is 28.8 Å². The van der Waals surface area contributed by atoms with Gasteiger partial charge in [0.15, 0.2) is 17.5 Å². The van der Waals surface area contributed by atoms with Crippen LogP contribution in [0.15, 0.2) is 16.5 Å². The molecule has 3 aromatic heterocycles. The predicted octanol–water partition coefficient (Wildman–Crippen LogP) is 5.15. The summed E-state index contributed by atoms with van der Waals surface area (Å²) in [4.78, 5) is 19.6. The van der Waals surface area contributed by atoms with Crippen molar-refractivity contribution < 1.29 is 23.0 Å². The number of alkyl halides is 1. The Kier molecular flexibility index (Phi) is 7.30. The Hall–Kier alpha value is -3.61. The fraction of sp³-hybridized carbons (Fsp3) is 0.545. The number of hydrogen-bond donors (Lipinski definition) is 2. The lowest BCUT2D eigenvalue weighted by Gasteiger charge is -2.37. The number of rotatable bonds is 8. The average molecular weight is 652 g/mol. The van der Waals surface area contributed by atoms with Gasteiger partial charge < -0.3 is 34.6 Å². The molecule has 13 heteroatoms. The molecule has 0 radical (unpaired) electrons. The SMILES string of the molecule is CCc1c(N)oc2ccc(Cl)c(-c3c(OC)nc4c(N5C6CCC5CNC6)nc(OC[C@@]56CCCN5C[C@H](F)C6)nc4c3OC)c12.